The molecule has 0 spiro atoms. The molecule has 0 amide bonds. The van der Waals surface area contributed by atoms with Crippen molar-refractivity contribution in [3.05, 3.63) is 0 Å². The molecule has 3 nitrogen and oxygen atoms in total. The largest absolute Gasteiger partial charge is 0.215 e. The Morgan fingerprint density at radius 2 is 2.08 bits per heavy atom. The summed E-state index contributed by atoms with van der Waals surface area (Å²) in [6.45, 7) is 4.05. The van der Waals surface area contributed by atoms with E-state index in [9.17, 15) is 8.42 Å². The third-order valence-electron chi connectivity index (χ3n) is 2.08. The molecule has 12 heavy (non-hydrogen) atoms. The highest BCUT2D eigenvalue weighted by molar-refractivity contribution is 7.89. The number of rotatable bonds is 1. The van der Waals surface area contributed by atoms with Crippen molar-refractivity contribution in [2.45, 2.75) is 25.8 Å². The minimum Gasteiger partial charge on any atom is -0.212 e. The van der Waals surface area contributed by atoms with E-state index in [1.165, 1.54) is 4.31 Å². The predicted octanol–water partition coefficient (Wildman–Crippen LogP) is 0.434. The number of hydrogen-bond donors (Lipinski definition) is 0. The molecular formula is C8H13NO2S. The second-order valence-corrected chi connectivity index (χ2v) is 5.46. The van der Waals surface area contributed by atoms with Gasteiger partial charge in [-0.1, -0.05) is 5.92 Å². The lowest BCUT2D eigenvalue weighted by molar-refractivity contribution is 0.313. The smallest absolute Gasteiger partial charge is 0.212 e. The molecule has 1 aliphatic rings. The van der Waals surface area contributed by atoms with Gasteiger partial charge in [0.1, 0.15) is 0 Å². The molecule has 1 heterocycles. The first-order chi connectivity index (χ1) is 5.40. The lowest BCUT2D eigenvalue weighted by Gasteiger charge is -2.28. The quantitative estimate of drug-likeness (QED) is 0.558. The number of hydrogen-bond acceptors (Lipinski definition) is 2. The molecule has 1 fully saturated rings. The number of nitrogens with zero attached hydrogens (tertiary/aromatic N) is 1. The van der Waals surface area contributed by atoms with Crippen LogP contribution in [0.15, 0.2) is 0 Å². The van der Waals surface area contributed by atoms with Crippen molar-refractivity contribution in [1.29, 1.82) is 0 Å². The Balaban J connectivity index is 3.00. The van der Waals surface area contributed by atoms with Gasteiger partial charge in [0.05, 0.1) is 11.3 Å². The first-order valence-electron chi connectivity index (χ1n) is 3.88. The molecule has 4 heteroatoms. The Morgan fingerprint density at radius 1 is 1.50 bits per heavy atom. The van der Waals surface area contributed by atoms with E-state index < -0.39 is 15.6 Å². The van der Waals surface area contributed by atoms with Crippen LogP contribution in [0.1, 0.15) is 20.3 Å². The van der Waals surface area contributed by atoms with Crippen molar-refractivity contribution in [3.8, 4) is 12.3 Å². The van der Waals surface area contributed by atoms with Gasteiger partial charge in [-0.2, -0.15) is 4.31 Å². The van der Waals surface area contributed by atoms with Crippen LogP contribution < -0.4 is 0 Å². The molecule has 0 bridgehead atoms. The van der Waals surface area contributed by atoms with Crippen LogP contribution >= 0.6 is 0 Å². The molecule has 1 aliphatic heterocycles. The Kier molecular flexibility index (Phi) is 2.19. The van der Waals surface area contributed by atoms with Crippen LogP contribution in [0.3, 0.4) is 0 Å². The summed E-state index contributed by atoms with van der Waals surface area (Å²) < 4.78 is 24.2. The summed E-state index contributed by atoms with van der Waals surface area (Å²) in [5.74, 6) is 2.72. The lowest BCUT2D eigenvalue weighted by atomic mass is 10.1. The molecular weight excluding hydrogens is 174 g/mol. The average molecular weight is 187 g/mol. The average Bonchev–Trinajstić information content (AvgIpc) is 2.30. The molecule has 0 aromatic heterocycles. The topological polar surface area (TPSA) is 37.4 Å². The van der Waals surface area contributed by atoms with E-state index in [-0.39, 0.29) is 5.75 Å². The van der Waals surface area contributed by atoms with E-state index in [1.54, 1.807) is 13.8 Å². The van der Waals surface area contributed by atoms with Crippen LogP contribution in [0.2, 0.25) is 0 Å². The van der Waals surface area contributed by atoms with Gasteiger partial charge >= 0.3 is 0 Å². The summed E-state index contributed by atoms with van der Waals surface area (Å²) in [6.07, 6.45) is 5.94. The van der Waals surface area contributed by atoms with Crippen molar-refractivity contribution in [3.63, 3.8) is 0 Å². The fourth-order valence-electron chi connectivity index (χ4n) is 1.34. The van der Waals surface area contributed by atoms with E-state index in [2.05, 4.69) is 5.92 Å². The molecule has 0 aromatic rings. The molecule has 0 unspecified atom stereocenters. The third kappa shape index (κ3) is 1.47. The Hall–Kier alpha value is -0.530. The molecule has 0 saturated carbocycles. The summed E-state index contributed by atoms with van der Waals surface area (Å²) in [7, 11) is -3.07. The minimum atomic E-state index is -3.07. The van der Waals surface area contributed by atoms with Crippen molar-refractivity contribution < 1.29 is 8.42 Å². The van der Waals surface area contributed by atoms with Crippen LogP contribution in [-0.2, 0) is 10.0 Å². The molecule has 0 aliphatic carbocycles. The van der Waals surface area contributed by atoms with Crippen molar-refractivity contribution >= 4 is 10.0 Å². The SMILES string of the molecule is C#CC(C)(C)N1CCCS1(=O)=O. The van der Waals surface area contributed by atoms with Crippen LogP contribution in [-0.4, -0.2) is 30.6 Å². The summed E-state index contributed by atoms with van der Waals surface area (Å²) >= 11 is 0. The predicted molar refractivity (Wildman–Crippen MR) is 48.0 cm³/mol. The highest BCUT2D eigenvalue weighted by Gasteiger charge is 2.38. The van der Waals surface area contributed by atoms with Gasteiger partial charge in [-0.3, -0.25) is 0 Å². The standard InChI is InChI=1S/C8H13NO2S/c1-4-8(2,3)9-6-5-7-12(9,10)11/h1H,5-7H2,2-3H3. The first kappa shape index (κ1) is 9.56. The van der Waals surface area contributed by atoms with Gasteiger partial charge in [0.25, 0.3) is 0 Å². The van der Waals surface area contributed by atoms with E-state index >= 15 is 0 Å². The Labute approximate surface area is 73.8 Å². The molecule has 1 saturated heterocycles. The second kappa shape index (κ2) is 2.75. The summed E-state index contributed by atoms with van der Waals surface area (Å²) in [4.78, 5) is 0. The molecule has 0 radical (unpaired) electrons. The normalized spacial score (nSPS) is 23.8. The number of sulfonamides is 1. The Morgan fingerprint density at radius 3 is 2.42 bits per heavy atom. The molecule has 68 valence electrons. The zero-order chi connectivity index (χ0) is 9.41. The highest BCUT2D eigenvalue weighted by Crippen LogP contribution is 2.23. The van der Waals surface area contributed by atoms with Gasteiger partial charge in [0.2, 0.25) is 10.0 Å². The molecule has 0 atom stereocenters. The van der Waals surface area contributed by atoms with Gasteiger partial charge in [-0.05, 0) is 20.3 Å². The van der Waals surface area contributed by atoms with Crippen LogP contribution in [0.4, 0.5) is 0 Å². The molecule has 0 aromatic carbocycles. The highest BCUT2D eigenvalue weighted by atomic mass is 32.2. The third-order valence-corrected chi connectivity index (χ3v) is 4.19. The minimum absolute atomic E-state index is 0.234. The fraction of sp³-hybridized carbons (Fsp3) is 0.750. The number of terminal acetylenes is 1. The van der Waals surface area contributed by atoms with E-state index in [4.69, 9.17) is 6.42 Å². The van der Waals surface area contributed by atoms with Gasteiger partial charge in [-0.15, -0.1) is 6.42 Å². The zero-order valence-electron chi connectivity index (χ0n) is 7.37. The van der Waals surface area contributed by atoms with E-state index in [0.717, 1.165) is 0 Å². The summed E-state index contributed by atoms with van der Waals surface area (Å²) in [6, 6.07) is 0. The Bertz CT molecular complexity index is 310. The first-order valence-corrected chi connectivity index (χ1v) is 5.49. The maximum atomic E-state index is 11.4. The van der Waals surface area contributed by atoms with Crippen molar-refractivity contribution in [2.75, 3.05) is 12.3 Å². The van der Waals surface area contributed by atoms with Crippen LogP contribution in [0.25, 0.3) is 0 Å². The monoisotopic (exact) mass is 187 g/mol. The fourth-order valence-corrected chi connectivity index (χ4v) is 3.21. The molecule has 0 N–H and O–H groups in total. The lowest BCUT2D eigenvalue weighted by Crippen LogP contribution is -2.43. The van der Waals surface area contributed by atoms with Crippen molar-refractivity contribution in [1.82, 2.24) is 4.31 Å². The molecule has 1 rings (SSSR count). The second-order valence-electron chi connectivity index (χ2n) is 3.45. The van der Waals surface area contributed by atoms with E-state index in [1.807, 2.05) is 0 Å². The van der Waals surface area contributed by atoms with Crippen LogP contribution in [0, 0.1) is 12.3 Å². The zero-order valence-corrected chi connectivity index (χ0v) is 8.19. The van der Waals surface area contributed by atoms with Gasteiger partial charge < -0.3 is 0 Å². The van der Waals surface area contributed by atoms with Crippen molar-refractivity contribution in [2.24, 2.45) is 0 Å². The maximum absolute atomic E-state index is 11.4. The van der Waals surface area contributed by atoms with E-state index in [0.29, 0.717) is 13.0 Å². The van der Waals surface area contributed by atoms with Gasteiger partial charge in [0, 0.05) is 6.54 Å². The summed E-state index contributed by atoms with van der Waals surface area (Å²) in [5.41, 5.74) is -0.671. The van der Waals surface area contributed by atoms with Gasteiger partial charge in [0.15, 0.2) is 0 Å². The van der Waals surface area contributed by atoms with Gasteiger partial charge in [-0.25, -0.2) is 8.42 Å². The maximum Gasteiger partial charge on any atom is 0.215 e. The summed E-state index contributed by atoms with van der Waals surface area (Å²) in [5, 5.41) is 0. The van der Waals surface area contributed by atoms with Crippen LogP contribution in [0.5, 0.6) is 0 Å².